The summed E-state index contributed by atoms with van der Waals surface area (Å²) >= 11 is 6.43. The second-order valence-corrected chi connectivity index (χ2v) is 6.32. The minimum absolute atomic E-state index is 0.0855. The van der Waals surface area contributed by atoms with Crippen LogP contribution in [0.2, 0.25) is 0 Å². The lowest BCUT2D eigenvalue weighted by Crippen LogP contribution is -2.54. The van der Waals surface area contributed by atoms with Crippen molar-refractivity contribution in [3.8, 4) is 0 Å². The third kappa shape index (κ3) is 2.25. The highest BCUT2D eigenvalue weighted by Crippen LogP contribution is 2.45. The van der Waals surface area contributed by atoms with Crippen LogP contribution < -0.4 is 0 Å². The smallest absolute Gasteiger partial charge is 0.0606 e. The van der Waals surface area contributed by atoms with Crippen LogP contribution in [-0.4, -0.2) is 34.1 Å². The van der Waals surface area contributed by atoms with Crippen LogP contribution in [0.5, 0.6) is 0 Å². The van der Waals surface area contributed by atoms with Crippen molar-refractivity contribution >= 4 is 11.6 Å². The zero-order chi connectivity index (χ0) is 12.6. The highest BCUT2D eigenvalue weighted by Gasteiger charge is 2.43. The number of hydrogen-bond acceptors (Lipinski definition) is 2. The van der Waals surface area contributed by atoms with Gasteiger partial charge < -0.3 is 10.0 Å². The predicted octanol–water partition coefficient (Wildman–Crippen LogP) is 2.78. The molecule has 0 bridgehead atoms. The van der Waals surface area contributed by atoms with Gasteiger partial charge in [0.05, 0.1) is 12.0 Å². The van der Waals surface area contributed by atoms with E-state index in [1.807, 2.05) is 6.08 Å². The molecular weight excluding hydrogens is 234 g/mol. The minimum Gasteiger partial charge on any atom is -0.395 e. The number of allylic oxidation sites excluding steroid dienone is 4. The van der Waals surface area contributed by atoms with Gasteiger partial charge in [-0.3, -0.25) is 0 Å². The minimum atomic E-state index is 0.0855. The van der Waals surface area contributed by atoms with Crippen molar-refractivity contribution in [2.75, 3.05) is 13.2 Å². The maximum atomic E-state index is 9.25. The Kier molecular flexibility index (Phi) is 3.55. The summed E-state index contributed by atoms with van der Waals surface area (Å²) in [5.74, 6) is 0.972. The van der Waals surface area contributed by atoms with Gasteiger partial charge >= 0.3 is 0 Å². The van der Waals surface area contributed by atoms with Gasteiger partial charge in [-0.2, -0.15) is 0 Å². The van der Waals surface area contributed by atoms with E-state index >= 15 is 0 Å². The molecule has 1 aliphatic carbocycles. The first-order valence-corrected chi connectivity index (χ1v) is 6.82. The molecule has 1 aliphatic heterocycles. The maximum absolute atomic E-state index is 9.25. The van der Waals surface area contributed by atoms with E-state index in [0.717, 1.165) is 6.42 Å². The molecule has 1 heterocycles. The number of rotatable bonds is 2. The molecule has 0 saturated carbocycles. The third-order valence-corrected chi connectivity index (χ3v) is 4.46. The van der Waals surface area contributed by atoms with Crippen LogP contribution in [0, 0.1) is 11.8 Å². The highest BCUT2D eigenvalue weighted by molar-refractivity contribution is 6.22. The Morgan fingerprint density at radius 3 is 2.88 bits per heavy atom. The summed E-state index contributed by atoms with van der Waals surface area (Å²) in [6.45, 7) is 7.67. The number of aliphatic hydroxyl groups excluding tert-OH is 1. The fraction of sp³-hybridized carbons (Fsp3) is 0.714. The SMILES string of the molecule is CC1CC(C)(C)N(CCO)C2=CC=CC(Cl)C21. The van der Waals surface area contributed by atoms with Gasteiger partial charge in [-0.25, -0.2) is 0 Å². The Balaban J connectivity index is 2.35. The summed E-state index contributed by atoms with van der Waals surface area (Å²) in [5.41, 5.74) is 1.40. The Bertz CT molecular complexity index is 348. The molecule has 3 unspecified atom stereocenters. The van der Waals surface area contributed by atoms with Gasteiger partial charge in [0, 0.05) is 23.7 Å². The number of alkyl halides is 1. The summed E-state index contributed by atoms with van der Waals surface area (Å²) in [6.07, 6.45) is 7.40. The van der Waals surface area contributed by atoms with E-state index in [-0.39, 0.29) is 17.5 Å². The molecule has 0 aromatic carbocycles. The molecule has 2 rings (SSSR count). The molecule has 0 aromatic rings. The molecule has 3 heteroatoms. The van der Waals surface area contributed by atoms with Crippen molar-refractivity contribution in [2.45, 2.75) is 38.1 Å². The van der Waals surface area contributed by atoms with Crippen molar-refractivity contribution in [2.24, 2.45) is 11.8 Å². The molecular formula is C14H22ClNO. The summed E-state index contributed by atoms with van der Waals surface area (Å²) in [5, 5.41) is 9.34. The molecule has 2 nitrogen and oxygen atoms in total. The first-order valence-electron chi connectivity index (χ1n) is 6.38. The third-order valence-electron chi connectivity index (χ3n) is 4.05. The van der Waals surface area contributed by atoms with E-state index in [4.69, 9.17) is 11.6 Å². The summed E-state index contributed by atoms with van der Waals surface area (Å²) < 4.78 is 0. The molecule has 1 fully saturated rings. The number of likely N-dealkylation sites (tertiary alicyclic amines) is 1. The Morgan fingerprint density at radius 2 is 2.24 bits per heavy atom. The molecule has 17 heavy (non-hydrogen) atoms. The Hall–Kier alpha value is -0.470. The molecule has 1 N–H and O–H groups in total. The number of piperidine rings is 1. The van der Waals surface area contributed by atoms with E-state index in [2.05, 4.69) is 37.8 Å². The van der Waals surface area contributed by atoms with Crippen LogP contribution in [0.4, 0.5) is 0 Å². The van der Waals surface area contributed by atoms with Crippen molar-refractivity contribution < 1.29 is 5.11 Å². The molecule has 0 aromatic heterocycles. The second kappa shape index (κ2) is 4.66. The van der Waals surface area contributed by atoms with Gasteiger partial charge in [-0.15, -0.1) is 11.6 Å². The summed E-state index contributed by atoms with van der Waals surface area (Å²) in [7, 11) is 0. The first kappa shape index (κ1) is 13.0. The number of β-amino-alcohol motifs (C(OH)–C–C–N with tert-alkyl or cyclic N) is 1. The largest absolute Gasteiger partial charge is 0.395 e. The van der Waals surface area contributed by atoms with Gasteiger partial charge in [-0.05, 0) is 32.3 Å². The van der Waals surface area contributed by atoms with Gasteiger partial charge in [0.25, 0.3) is 0 Å². The second-order valence-electron chi connectivity index (χ2n) is 5.82. The molecule has 2 aliphatic rings. The quantitative estimate of drug-likeness (QED) is 0.767. The number of hydrogen-bond donors (Lipinski definition) is 1. The van der Waals surface area contributed by atoms with Gasteiger partial charge in [-0.1, -0.05) is 19.1 Å². The van der Waals surface area contributed by atoms with Gasteiger partial charge in [0.2, 0.25) is 0 Å². The van der Waals surface area contributed by atoms with Crippen LogP contribution in [0.15, 0.2) is 23.9 Å². The number of fused-ring (bicyclic) bond motifs is 1. The van der Waals surface area contributed by atoms with Crippen LogP contribution in [0.25, 0.3) is 0 Å². The fourth-order valence-corrected chi connectivity index (χ4v) is 3.90. The van der Waals surface area contributed by atoms with Crippen LogP contribution in [0.1, 0.15) is 27.2 Å². The van der Waals surface area contributed by atoms with Crippen LogP contribution >= 0.6 is 11.6 Å². The summed E-state index contributed by atoms with van der Waals surface area (Å²) in [4.78, 5) is 2.33. The van der Waals surface area contributed by atoms with Crippen LogP contribution in [0.3, 0.4) is 0 Å². The number of aliphatic hydroxyl groups is 1. The number of nitrogens with zero attached hydrogens (tertiary/aromatic N) is 1. The predicted molar refractivity (Wildman–Crippen MR) is 72.0 cm³/mol. The maximum Gasteiger partial charge on any atom is 0.0606 e. The van der Waals surface area contributed by atoms with E-state index in [1.165, 1.54) is 5.70 Å². The zero-order valence-corrected chi connectivity index (χ0v) is 11.6. The molecule has 0 spiro atoms. The van der Waals surface area contributed by atoms with E-state index in [9.17, 15) is 5.11 Å². The zero-order valence-electron chi connectivity index (χ0n) is 10.9. The average Bonchev–Trinajstić information content (AvgIpc) is 2.23. The average molecular weight is 256 g/mol. The van der Waals surface area contributed by atoms with E-state index < -0.39 is 0 Å². The monoisotopic (exact) mass is 255 g/mol. The lowest BCUT2D eigenvalue weighted by molar-refractivity contribution is 0.0464. The topological polar surface area (TPSA) is 23.5 Å². The summed E-state index contributed by atoms with van der Waals surface area (Å²) in [6, 6.07) is 0. The molecule has 0 radical (unpaired) electrons. The Labute approximate surface area is 109 Å². The standard InChI is InChI=1S/C14H22ClNO/c1-10-9-14(2,3)16(7-8-17)12-6-4-5-11(15)13(10)12/h4-6,10-11,13,17H,7-9H2,1-3H3. The van der Waals surface area contributed by atoms with Crippen molar-refractivity contribution in [3.63, 3.8) is 0 Å². The first-order chi connectivity index (χ1) is 7.97. The molecule has 96 valence electrons. The van der Waals surface area contributed by atoms with Gasteiger partial charge in [0.1, 0.15) is 0 Å². The molecule has 1 saturated heterocycles. The van der Waals surface area contributed by atoms with Crippen molar-refractivity contribution in [3.05, 3.63) is 23.9 Å². The van der Waals surface area contributed by atoms with Crippen molar-refractivity contribution in [1.29, 1.82) is 0 Å². The lowest BCUT2D eigenvalue weighted by Gasteiger charge is -2.53. The lowest BCUT2D eigenvalue weighted by atomic mass is 9.72. The number of halogens is 1. The highest BCUT2D eigenvalue weighted by atomic mass is 35.5. The van der Waals surface area contributed by atoms with E-state index in [1.54, 1.807) is 0 Å². The molecule has 3 atom stereocenters. The van der Waals surface area contributed by atoms with Gasteiger partial charge in [0.15, 0.2) is 0 Å². The van der Waals surface area contributed by atoms with Crippen LogP contribution in [-0.2, 0) is 0 Å². The fourth-order valence-electron chi connectivity index (χ4n) is 3.44. The Morgan fingerprint density at radius 1 is 1.53 bits per heavy atom. The van der Waals surface area contributed by atoms with E-state index in [0.29, 0.717) is 18.4 Å². The molecule has 0 amide bonds. The normalized spacial score (nSPS) is 35.5. The van der Waals surface area contributed by atoms with Crippen molar-refractivity contribution in [1.82, 2.24) is 4.90 Å².